The topological polar surface area (TPSA) is 111 Å². The van der Waals surface area contributed by atoms with Crippen molar-refractivity contribution in [3.63, 3.8) is 0 Å². The number of aromatic nitrogens is 1. The number of H-pyrrole nitrogens is 1. The number of hydrogen-bond donors (Lipinski definition) is 3. The van der Waals surface area contributed by atoms with E-state index in [-0.39, 0.29) is 17.5 Å². The number of aromatic amines is 1. The first-order valence-corrected chi connectivity index (χ1v) is 15.1. The molecule has 9 heteroatoms. The summed E-state index contributed by atoms with van der Waals surface area (Å²) in [5.41, 5.74) is 3.69. The highest BCUT2D eigenvalue weighted by Gasteiger charge is 2.34. The number of anilines is 1. The third kappa shape index (κ3) is 6.18. The summed E-state index contributed by atoms with van der Waals surface area (Å²) >= 11 is 1.56. The summed E-state index contributed by atoms with van der Waals surface area (Å²) in [5, 5.41) is 6.62. The van der Waals surface area contributed by atoms with Crippen LogP contribution in [-0.2, 0) is 4.79 Å². The molecule has 44 heavy (non-hydrogen) atoms. The fraction of sp³-hybridized carbons (Fsp3) is 0.0857. The van der Waals surface area contributed by atoms with Gasteiger partial charge in [-0.3, -0.25) is 24.1 Å². The summed E-state index contributed by atoms with van der Waals surface area (Å²) in [6.07, 6.45) is 4.08. The molecule has 1 aliphatic heterocycles. The second kappa shape index (κ2) is 12.8. The van der Waals surface area contributed by atoms with Gasteiger partial charge in [-0.15, -0.1) is 11.8 Å². The lowest BCUT2D eigenvalue weighted by Crippen LogP contribution is -2.31. The highest BCUT2D eigenvalue weighted by Crippen LogP contribution is 2.26. The zero-order valence-corrected chi connectivity index (χ0v) is 24.4. The molecule has 3 N–H and O–H groups in total. The largest absolute Gasteiger partial charge is 0.361 e. The van der Waals surface area contributed by atoms with Crippen molar-refractivity contribution in [2.75, 3.05) is 17.6 Å². The van der Waals surface area contributed by atoms with Gasteiger partial charge in [-0.2, -0.15) is 0 Å². The number of carbonyl (C=O) groups excluding carboxylic acids is 4. The number of fused-ring (bicyclic) bond motifs is 2. The van der Waals surface area contributed by atoms with Crippen LogP contribution in [0.5, 0.6) is 0 Å². The Morgan fingerprint density at radius 1 is 0.818 bits per heavy atom. The number of nitrogens with zero attached hydrogens (tertiary/aromatic N) is 1. The van der Waals surface area contributed by atoms with Gasteiger partial charge in [-0.1, -0.05) is 54.6 Å². The van der Waals surface area contributed by atoms with Crippen molar-refractivity contribution in [2.45, 2.75) is 11.3 Å². The molecule has 4 amide bonds. The number of benzene rings is 4. The molecule has 0 atom stereocenters. The molecule has 0 saturated carbocycles. The fourth-order valence-corrected chi connectivity index (χ4v) is 5.92. The number of nitrogens with one attached hydrogen (secondary N) is 3. The van der Waals surface area contributed by atoms with Crippen molar-refractivity contribution in [1.29, 1.82) is 0 Å². The first-order chi connectivity index (χ1) is 21.5. The van der Waals surface area contributed by atoms with Crippen LogP contribution in [0.3, 0.4) is 0 Å². The van der Waals surface area contributed by atoms with Crippen LogP contribution in [0.15, 0.2) is 120 Å². The van der Waals surface area contributed by atoms with Gasteiger partial charge in [-0.25, -0.2) is 0 Å². The molecule has 0 radical (unpaired) electrons. The van der Waals surface area contributed by atoms with E-state index >= 15 is 0 Å². The molecule has 1 aliphatic rings. The van der Waals surface area contributed by atoms with E-state index in [1.807, 2.05) is 48.5 Å². The van der Waals surface area contributed by atoms with Crippen LogP contribution in [0.4, 0.5) is 5.69 Å². The lowest BCUT2D eigenvalue weighted by molar-refractivity contribution is -0.113. The molecule has 6 rings (SSSR count). The molecule has 0 aliphatic carbocycles. The molecule has 5 aromatic rings. The van der Waals surface area contributed by atoms with Crippen molar-refractivity contribution in [3.8, 4) is 0 Å². The molecular formula is C35H28N4O4S. The van der Waals surface area contributed by atoms with E-state index in [4.69, 9.17) is 0 Å². The van der Waals surface area contributed by atoms with Crippen molar-refractivity contribution in [1.82, 2.24) is 15.2 Å². The Labute approximate surface area is 258 Å². The van der Waals surface area contributed by atoms with Gasteiger partial charge in [0.1, 0.15) is 5.70 Å². The monoisotopic (exact) mass is 600 g/mol. The highest BCUT2D eigenvalue weighted by atomic mass is 32.2. The standard InChI is InChI=1S/C35H28N4O4S/c40-32(23-10-2-1-3-11-23)38-31(20-24-22-36-30-17-7-6-14-27(24)30)33(41)37-25-12-8-13-26(21-25)44-19-9-18-39-34(42)28-15-4-5-16-29(28)35(39)43/h1-8,10-17,20-22,36H,9,18-19H2,(H,37,41)(H,38,40)/b31-20+. The molecule has 1 aromatic heterocycles. The van der Waals surface area contributed by atoms with Crippen LogP contribution in [0.1, 0.15) is 43.1 Å². The predicted molar refractivity (Wildman–Crippen MR) is 172 cm³/mol. The zero-order chi connectivity index (χ0) is 30.5. The fourth-order valence-electron chi connectivity index (χ4n) is 5.03. The number of carbonyl (C=O) groups is 4. The summed E-state index contributed by atoms with van der Waals surface area (Å²) in [5.74, 6) is -0.696. The number of imide groups is 1. The van der Waals surface area contributed by atoms with Gasteiger partial charge in [0.15, 0.2) is 0 Å². The van der Waals surface area contributed by atoms with Gasteiger partial charge in [0.25, 0.3) is 23.6 Å². The predicted octanol–water partition coefficient (Wildman–Crippen LogP) is 6.36. The Hall–Kier alpha value is -5.41. The van der Waals surface area contributed by atoms with E-state index in [1.165, 1.54) is 4.90 Å². The molecule has 0 spiro atoms. The minimum absolute atomic E-state index is 0.0996. The Morgan fingerprint density at radius 3 is 2.30 bits per heavy atom. The lowest BCUT2D eigenvalue weighted by Gasteiger charge is -2.14. The molecule has 2 heterocycles. The lowest BCUT2D eigenvalue weighted by atomic mass is 10.1. The van der Waals surface area contributed by atoms with Crippen LogP contribution >= 0.6 is 11.8 Å². The summed E-state index contributed by atoms with van der Waals surface area (Å²) in [7, 11) is 0. The van der Waals surface area contributed by atoms with Crippen molar-refractivity contribution in [2.24, 2.45) is 0 Å². The number of para-hydroxylation sites is 1. The van der Waals surface area contributed by atoms with Crippen LogP contribution in [0.25, 0.3) is 17.0 Å². The van der Waals surface area contributed by atoms with Gasteiger partial charge in [-0.05, 0) is 66.8 Å². The first-order valence-electron chi connectivity index (χ1n) is 14.1. The van der Waals surface area contributed by atoms with Crippen LogP contribution in [0.2, 0.25) is 0 Å². The van der Waals surface area contributed by atoms with E-state index in [2.05, 4.69) is 15.6 Å². The Morgan fingerprint density at radius 2 is 1.52 bits per heavy atom. The maximum Gasteiger partial charge on any atom is 0.272 e. The van der Waals surface area contributed by atoms with Crippen LogP contribution < -0.4 is 10.6 Å². The van der Waals surface area contributed by atoms with Gasteiger partial charge in [0, 0.05) is 45.4 Å². The van der Waals surface area contributed by atoms with E-state index < -0.39 is 11.8 Å². The number of hydrogen-bond acceptors (Lipinski definition) is 5. The average Bonchev–Trinajstić information content (AvgIpc) is 3.57. The van der Waals surface area contributed by atoms with Crippen molar-refractivity contribution < 1.29 is 19.2 Å². The summed E-state index contributed by atoms with van der Waals surface area (Å²) in [6.45, 7) is 0.332. The van der Waals surface area contributed by atoms with Crippen molar-refractivity contribution >= 4 is 58.1 Å². The van der Waals surface area contributed by atoms with Crippen LogP contribution in [0, 0.1) is 0 Å². The molecule has 0 saturated heterocycles. The first kappa shape index (κ1) is 28.7. The maximum absolute atomic E-state index is 13.5. The van der Waals surface area contributed by atoms with E-state index in [9.17, 15) is 19.2 Å². The summed E-state index contributed by atoms with van der Waals surface area (Å²) in [6, 6.07) is 30.7. The Balaban J connectivity index is 1.12. The van der Waals surface area contributed by atoms with Crippen molar-refractivity contribution in [3.05, 3.63) is 137 Å². The van der Waals surface area contributed by atoms with Gasteiger partial charge in [0.2, 0.25) is 0 Å². The molecule has 0 fully saturated rings. The quantitative estimate of drug-likeness (QED) is 0.0748. The minimum atomic E-state index is -0.465. The van der Waals surface area contributed by atoms with Crippen LogP contribution in [-0.4, -0.2) is 45.8 Å². The molecule has 4 aromatic carbocycles. The van der Waals surface area contributed by atoms with E-state index in [0.29, 0.717) is 41.1 Å². The second-order valence-corrected chi connectivity index (χ2v) is 11.3. The molecule has 218 valence electrons. The zero-order valence-electron chi connectivity index (χ0n) is 23.6. The maximum atomic E-state index is 13.5. The molecule has 8 nitrogen and oxygen atoms in total. The third-order valence-electron chi connectivity index (χ3n) is 7.21. The molecule has 0 bridgehead atoms. The SMILES string of the molecule is O=C(Nc1cccc(SCCCN2C(=O)c3ccccc3C2=O)c1)/C(=C\c1c[nH]c2ccccc12)NC(=O)c1ccccc1. The summed E-state index contributed by atoms with van der Waals surface area (Å²) in [4.78, 5) is 57.2. The van der Waals surface area contributed by atoms with E-state index in [0.717, 1.165) is 21.4 Å². The minimum Gasteiger partial charge on any atom is -0.361 e. The highest BCUT2D eigenvalue weighted by molar-refractivity contribution is 7.99. The third-order valence-corrected chi connectivity index (χ3v) is 8.29. The number of rotatable bonds is 10. The smallest absolute Gasteiger partial charge is 0.272 e. The second-order valence-electron chi connectivity index (χ2n) is 10.2. The van der Waals surface area contributed by atoms with E-state index in [1.54, 1.807) is 78.6 Å². The number of amides is 4. The summed E-state index contributed by atoms with van der Waals surface area (Å²) < 4.78 is 0. The Bertz CT molecular complexity index is 1880. The van der Waals surface area contributed by atoms with Gasteiger partial charge >= 0.3 is 0 Å². The normalized spacial score (nSPS) is 12.8. The molecule has 0 unspecified atom stereocenters. The number of thioether (sulfide) groups is 1. The van der Waals surface area contributed by atoms with Gasteiger partial charge < -0.3 is 15.6 Å². The average molecular weight is 601 g/mol. The molecular weight excluding hydrogens is 572 g/mol. The Kier molecular flexibility index (Phi) is 8.38. The van der Waals surface area contributed by atoms with Gasteiger partial charge in [0.05, 0.1) is 11.1 Å².